The summed E-state index contributed by atoms with van der Waals surface area (Å²) in [6.45, 7) is 7.85. The number of aliphatic hydroxyl groups excluding tert-OH is 1. The first kappa shape index (κ1) is 21.3. The average Bonchev–Trinajstić information content (AvgIpc) is 3.25. The largest absolute Gasteiger partial charge is 0.395 e. The molecule has 0 saturated carbocycles. The summed E-state index contributed by atoms with van der Waals surface area (Å²) >= 11 is 0. The lowest BCUT2D eigenvalue weighted by Crippen LogP contribution is -2.49. The SMILES string of the molecule is CCc1ccc(-c2nn(-c3ccccc3C)cc2C(=O)N2CCN(CCO)CC2)cc1. The van der Waals surface area contributed by atoms with E-state index in [0.717, 1.165) is 36.3 Å². The molecule has 0 radical (unpaired) electrons. The topological polar surface area (TPSA) is 61.6 Å². The summed E-state index contributed by atoms with van der Waals surface area (Å²) in [6.07, 6.45) is 2.84. The van der Waals surface area contributed by atoms with Gasteiger partial charge < -0.3 is 10.0 Å². The number of aryl methyl sites for hydroxylation is 2. The maximum absolute atomic E-state index is 13.5. The van der Waals surface area contributed by atoms with Crippen LogP contribution in [0.1, 0.15) is 28.4 Å². The van der Waals surface area contributed by atoms with Crippen LogP contribution in [0, 0.1) is 6.92 Å². The Morgan fingerprint density at radius 2 is 1.74 bits per heavy atom. The number of rotatable bonds is 6. The van der Waals surface area contributed by atoms with Gasteiger partial charge in [-0.1, -0.05) is 49.4 Å². The maximum atomic E-state index is 13.5. The second kappa shape index (κ2) is 9.45. The van der Waals surface area contributed by atoms with Crippen LogP contribution in [0.2, 0.25) is 0 Å². The fraction of sp³-hybridized carbons (Fsp3) is 0.360. The first-order valence-corrected chi connectivity index (χ1v) is 11.0. The Kier molecular flexibility index (Phi) is 6.49. The first-order chi connectivity index (χ1) is 15.1. The van der Waals surface area contributed by atoms with Crippen molar-refractivity contribution in [2.75, 3.05) is 39.3 Å². The van der Waals surface area contributed by atoms with Gasteiger partial charge in [-0.25, -0.2) is 4.68 Å². The van der Waals surface area contributed by atoms with Gasteiger partial charge in [-0.2, -0.15) is 5.10 Å². The zero-order valence-corrected chi connectivity index (χ0v) is 18.3. The summed E-state index contributed by atoms with van der Waals surface area (Å²) in [7, 11) is 0. The van der Waals surface area contributed by atoms with E-state index in [-0.39, 0.29) is 12.5 Å². The summed E-state index contributed by atoms with van der Waals surface area (Å²) < 4.78 is 1.83. The Morgan fingerprint density at radius 1 is 1.03 bits per heavy atom. The van der Waals surface area contributed by atoms with Gasteiger partial charge >= 0.3 is 0 Å². The third-order valence-corrected chi connectivity index (χ3v) is 6.02. The molecule has 0 spiro atoms. The molecule has 1 fully saturated rings. The van der Waals surface area contributed by atoms with Crippen LogP contribution in [0.25, 0.3) is 16.9 Å². The summed E-state index contributed by atoms with van der Waals surface area (Å²) in [4.78, 5) is 17.6. The van der Waals surface area contributed by atoms with Gasteiger partial charge in [-0.05, 0) is 30.5 Å². The third kappa shape index (κ3) is 4.55. The van der Waals surface area contributed by atoms with E-state index in [0.29, 0.717) is 30.9 Å². The van der Waals surface area contributed by atoms with Gasteiger partial charge in [0.15, 0.2) is 0 Å². The second-order valence-electron chi connectivity index (χ2n) is 8.03. The molecule has 2 heterocycles. The minimum atomic E-state index is 0.0121. The Balaban J connectivity index is 1.69. The fourth-order valence-corrected chi connectivity index (χ4v) is 4.07. The molecule has 3 aromatic rings. The van der Waals surface area contributed by atoms with E-state index >= 15 is 0 Å². The van der Waals surface area contributed by atoms with Gasteiger partial charge in [0.05, 0.1) is 17.9 Å². The van der Waals surface area contributed by atoms with E-state index in [4.69, 9.17) is 5.10 Å². The van der Waals surface area contributed by atoms with E-state index in [1.807, 2.05) is 34.0 Å². The van der Waals surface area contributed by atoms with Gasteiger partial charge in [-0.3, -0.25) is 9.69 Å². The van der Waals surface area contributed by atoms with Gasteiger partial charge in [0.2, 0.25) is 0 Å². The lowest BCUT2D eigenvalue weighted by molar-refractivity contribution is 0.0615. The van der Waals surface area contributed by atoms with Crippen LogP contribution in [0.3, 0.4) is 0 Å². The monoisotopic (exact) mass is 418 g/mol. The molecule has 1 aliphatic rings. The number of benzene rings is 2. The minimum Gasteiger partial charge on any atom is -0.395 e. The van der Waals surface area contributed by atoms with Crippen LogP contribution in [0.5, 0.6) is 0 Å². The van der Waals surface area contributed by atoms with Crippen molar-refractivity contribution in [2.45, 2.75) is 20.3 Å². The standard InChI is InChI=1S/C25H30N4O2/c1-3-20-8-10-21(11-9-20)24-22(18-29(26-24)23-7-5-4-6-19(23)2)25(31)28-14-12-27(13-15-28)16-17-30/h4-11,18,30H,3,12-17H2,1-2H3. The molecule has 1 saturated heterocycles. The van der Waals surface area contributed by atoms with Crippen molar-refractivity contribution in [2.24, 2.45) is 0 Å². The quantitative estimate of drug-likeness (QED) is 0.668. The molecule has 1 aliphatic heterocycles. The van der Waals surface area contributed by atoms with E-state index in [1.54, 1.807) is 0 Å². The van der Waals surface area contributed by atoms with Gasteiger partial charge in [0.1, 0.15) is 5.69 Å². The number of aromatic nitrogens is 2. The number of hydrogen-bond acceptors (Lipinski definition) is 4. The molecule has 1 aromatic heterocycles. The van der Waals surface area contributed by atoms with Crippen LogP contribution < -0.4 is 0 Å². The molecule has 0 aliphatic carbocycles. The Bertz CT molecular complexity index is 1030. The van der Waals surface area contributed by atoms with Crippen LogP contribution in [-0.4, -0.2) is 69.9 Å². The molecule has 162 valence electrons. The van der Waals surface area contributed by atoms with Crippen molar-refractivity contribution in [3.63, 3.8) is 0 Å². The molecule has 6 heteroatoms. The van der Waals surface area contributed by atoms with Crippen LogP contribution >= 0.6 is 0 Å². The average molecular weight is 419 g/mol. The number of piperazine rings is 1. The molecular weight excluding hydrogens is 388 g/mol. The van der Waals surface area contributed by atoms with Crippen molar-refractivity contribution in [3.8, 4) is 16.9 Å². The second-order valence-corrected chi connectivity index (χ2v) is 8.03. The highest BCUT2D eigenvalue weighted by molar-refractivity contribution is 6.00. The van der Waals surface area contributed by atoms with Crippen LogP contribution in [0.15, 0.2) is 54.7 Å². The number of β-amino-alcohol motifs (C(OH)–C–C–N with tert-alkyl or cyclic N) is 1. The zero-order valence-electron chi connectivity index (χ0n) is 18.3. The van der Waals surface area contributed by atoms with Gasteiger partial charge in [-0.15, -0.1) is 0 Å². The summed E-state index contributed by atoms with van der Waals surface area (Å²) in [5.41, 5.74) is 5.63. The van der Waals surface area contributed by atoms with E-state index < -0.39 is 0 Å². The highest BCUT2D eigenvalue weighted by Crippen LogP contribution is 2.27. The molecule has 0 atom stereocenters. The number of amides is 1. The molecule has 1 amide bonds. The van der Waals surface area contributed by atoms with Crippen molar-refractivity contribution in [3.05, 3.63) is 71.4 Å². The smallest absolute Gasteiger partial charge is 0.257 e. The number of para-hydroxylation sites is 1. The molecule has 6 nitrogen and oxygen atoms in total. The highest BCUT2D eigenvalue weighted by Gasteiger charge is 2.26. The number of hydrogen-bond donors (Lipinski definition) is 1. The Labute approximate surface area is 183 Å². The normalized spacial score (nSPS) is 14.7. The molecular formula is C25H30N4O2. The zero-order chi connectivity index (χ0) is 21.8. The summed E-state index contributed by atoms with van der Waals surface area (Å²) in [5.74, 6) is 0.0121. The summed E-state index contributed by atoms with van der Waals surface area (Å²) in [5, 5.41) is 14.0. The maximum Gasteiger partial charge on any atom is 0.257 e. The summed E-state index contributed by atoms with van der Waals surface area (Å²) in [6, 6.07) is 16.4. The Hall–Kier alpha value is -2.96. The minimum absolute atomic E-state index is 0.0121. The van der Waals surface area contributed by atoms with Crippen molar-refractivity contribution < 1.29 is 9.90 Å². The molecule has 1 N–H and O–H groups in total. The molecule has 2 aromatic carbocycles. The molecule has 31 heavy (non-hydrogen) atoms. The van der Waals surface area contributed by atoms with Crippen molar-refractivity contribution in [1.29, 1.82) is 0 Å². The van der Waals surface area contributed by atoms with Crippen molar-refractivity contribution >= 4 is 5.91 Å². The van der Waals surface area contributed by atoms with E-state index in [9.17, 15) is 9.90 Å². The molecule has 0 bridgehead atoms. The molecule has 0 unspecified atom stereocenters. The van der Waals surface area contributed by atoms with Crippen molar-refractivity contribution in [1.82, 2.24) is 19.6 Å². The number of carbonyl (C=O) groups is 1. The lowest BCUT2D eigenvalue weighted by atomic mass is 10.0. The molecule has 4 rings (SSSR count). The first-order valence-electron chi connectivity index (χ1n) is 11.0. The van der Waals surface area contributed by atoms with E-state index in [1.165, 1.54) is 5.56 Å². The predicted molar refractivity (Wildman–Crippen MR) is 123 cm³/mol. The van der Waals surface area contributed by atoms with Gasteiger partial charge in [0, 0.05) is 44.5 Å². The third-order valence-electron chi connectivity index (χ3n) is 6.02. The number of aliphatic hydroxyl groups is 1. The van der Waals surface area contributed by atoms with Gasteiger partial charge in [0.25, 0.3) is 5.91 Å². The Morgan fingerprint density at radius 3 is 2.39 bits per heavy atom. The van der Waals surface area contributed by atoms with E-state index in [2.05, 4.69) is 49.1 Å². The highest BCUT2D eigenvalue weighted by atomic mass is 16.3. The van der Waals surface area contributed by atoms with Crippen LogP contribution in [0.4, 0.5) is 0 Å². The van der Waals surface area contributed by atoms with Crippen LogP contribution in [-0.2, 0) is 6.42 Å². The number of nitrogens with zero attached hydrogens (tertiary/aromatic N) is 4. The number of carbonyl (C=O) groups excluding carboxylic acids is 1. The fourth-order valence-electron chi connectivity index (χ4n) is 4.07. The lowest BCUT2D eigenvalue weighted by Gasteiger charge is -2.34. The predicted octanol–water partition coefficient (Wildman–Crippen LogP) is 3.16.